The smallest absolute Gasteiger partial charge is 0.367 e. The number of hydrogen-bond donors (Lipinski definition) is 2. The van der Waals surface area contributed by atoms with E-state index in [9.17, 15) is 4.79 Å². The minimum absolute atomic E-state index is 0.103. The second-order valence-corrected chi connectivity index (χ2v) is 6.29. The van der Waals surface area contributed by atoms with E-state index in [0.29, 0.717) is 21.7 Å². The maximum Gasteiger partial charge on any atom is 0.367 e. The Morgan fingerprint density at radius 1 is 1.24 bits per heavy atom. The van der Waals surface area contributed by atoms with Gasteiger partial charge in [-0.05, 0) is 19.1 Å². The molecule has 3 rings (SSSR count). The van der Waals surface area contributed by atoms with E-state index in [1.165, 1.54) is 6.20 Å². The lowest BCUT2D eigenvalue weighted by Crippen LogP contribution is -1.98. The quantitative estimate of drug-likeness (QED) is 0.651. The SMILES string of the molecule is COc1cnc(Cl)cc1-c1cc(C)ncc1Nc1nnc(C(=O)O)s1. The molecule has 128 valence electrons. The van der Waals surface area contributed by atoms with Crippen LogP contribution in [0.25, 0.3) is 11.1 Å². The molecule has 0 radical (unpaired) electrons. The van der Waals surface area contributed by atoms with Crippen molar-refractivity contribution in [2.75, 3.05) is 12.4 Å². The Morgan fingerprint density at radius 2 is 2.04 bits per heavy atom. The van der Waals surface area contributed by atoms with Crippen LogP contribution < -0.4 is 10.1 Å². The Kier molecular flexibility index (Phi) is 4.77. The Hall–Kier alpha value is -2.78. The van der Waals surface area contributed by atoms with Crippen molar-refractivity contribution in [2.45, 2.75) is 6.92 Å². The molecule has 0 aliphatic rings. The molecule has 0 saturated carbocycles. The molecule has 8 nitrogen and oxygen atoms in total. The fourth-order valence-corrected chi connectivity index (χ4v) is 2.90. The summed E-state index contributed by atoms with van der Waals surface area (Å²) in [5.41, 5.74) is 2.89. The zero-order valence-electron chi connectivity index (χ0n) is 13.1. The number of halogens is 1. The summed E-state index contributed by atoms with van der Waals surface area (Å²) in [6, 6.07) is 3.54. The number of hydrogen-bond acceptors (Lipinski definition) is 8. The number of carboxylic acid groups (broad SMARTS) is 1. The average molecular weight is 378 g/mol. The van der Waals surface area contributed by atoms with Gasteiger partial charge in [0.05, 0.1) is 25.2 Å². The van der Waals surface area contributed by atoms with Gasteiger partial charge in [-0.1, -0.05) is 22.9 Å². The van der Waals surface area contributed by atoms with Gasteiger partial charge in [-0.25, -0.2) is 9.78 Å². The Bertz CT molecular complexity index is 947. The van der Waals surface area contributed by atoms with Crippen LogP contribution in [-0.2, 0) is 0 Å². The molecule has 0 aliphatic carbocycles. The molecule has 3 heterocycles. The second-order valence-electron chi connectivity index (χ2n) is 4.92. The first-order valence-corrected chi connectivity index (χ1v) is 8.17. The standard InChI is InChI=1S/C15H12ClN5O3S/c1-7-3-8(9-4-12(16)18-6-11(9)24-2)10(5-17-7)19-15-21-20-13(25-15)14(22)23/h3-6H,1-2H3,(H,19,21)(H,22,23). The van der Waals surface area contributed by atoms with E-state index in [4.69, 9.17) is 21.4 Å². The normalized spacial score (nSPS) is 10.5. The lowest BCUT2D eigenvalue weighted by molar-refractivity contribution is 0.0695. The molecule has 3 aromatic heterocycles. The molecule has 0 unspecified atom stereocenters. The predicted octanol–water partition coefficient (Wildman–Crippen LogP) is 3.41. The summed E-state index contributed by atoms with van der Waals surface area (Å²) in [6.07, 6.45) is 3.16. The summed E-state index contributed by atoms with van der Waals surface area (Å²) in [4.78, 5) is 19.2. The molecule has 10 heteroatoms. The van der Waals surface area contributed by atoms with Crippen molar-refractivity contribution < 1.29 is 14.6 Å². The Morgan fingerprint density at radius 3 is 2.72 bits per heavy atom. The van der Waals surface area contributed by atoms with E-state index in [-0.39, 0.29) is 5.01 Å². The third kappa shape index (κ3) is 3.67. The number of carboxylic acids is 1. The first-order chi connectivity index (χ1) is 12.0. The van der Waals surface area contributed by atoms with Crippen LogP contribution in [0.15, 0.2) is 24.5 Å². The zero-order chi connectivity index (χ0) is 18.0. The van der Waals surface area contributed by atoms with Crippen molar-refractivity contribution in [3.05, 3.63) is 40.4 Å². The molecule has 0 aliphatic heterocycles. The molecule has 0 fully saturated rings. The van der Waals surface area contributed by atoms with E-state index >= 15 is 0 Å². The van der Waals surface area contributed by atoms with Gasteiger partial charge in [0.1, 0.15) is 10.9 Å². The van der Waals surface area contributed by atoms with Crippen LogP contribution in [0, 0.1) is 6.92 Å². The van der Waals surface area contributed by atoms with E-state index in [2.05, 4.69) is 25.5 Å². The monoisotopic (exact) mass is 377 g/mol. The molecule has 0 saturated heterocycles. The lowest BCUT2D eigenvalue weighted by Gasteiger charge is -2.13. The Labute approximate surface area is 151 Å². The van der Waals surface area contributed by atoms with Gasteiger partial charge >= 0.3 is 5.97 Å². The first kappa shape index (κ1) is 17.1. The molecule has 3 aromatic rings. The van der Waals surface area contributed by atoms with Gasteiger partial charge < -0.3 is 15.2 Å². The van der Waals surface area contributed by atoms with Gasteiger partial charge in [-0.2, -0.15) is 0 Å². The summed E-state index contributed by atoms with van der Waals surface area (Å²) in [7, 11) is 1.54. The molecule has 0 aromatic carbocycles. The maximum atomic E-state index is 11.0. The van der Waals surface area contributed by atoms with E-state index in [0.717, 1.165) is 28.2 Å². The average Bonchev–Trinajstić information content (AvgIpc) is 3.05. The van der Waals surface area contributed by atoms with Crippen molar-refractivity contribution in [1.82, 2.24) is 20.2 Å². The maximum absolute atomic E-state index is 11.0. The van der Waals surface area contributed by atoms with Gasteiger partial charge in [-0.3, -0.25) is 4.98 Å². The highest BCUT2D eigenvalue weighted by molar-refractivity contribution is 7.17. The highest BCUT2D eigenvalue weighted by Gasteiger charge is 2.16. The number of aromatic nitrogens is 4. The summed E-state index contributed by atoms with van der Waals surface area (Å²) in [5.74, 6) is -0.586. The molecule has 0 spiro atoms. The minimum atomic E-state index is -1.13. The lowest BCUT2D eigenvalue weighted by atomic mass is 10.0. The summed E-state index contributed by atoms with van der Waals surface area (Å²) >= 11 is 6.95. The number of aryl methyl sites for hydroxylation is 1. The van der Waals surface area contributed by atoms with Crippen LogP contribution in [0.3, 0.4) is 0 Å². The number of methoxy groups -OCH3 is 1. The summed E-state index contributed by atoms with van der Waals surface area (Å²) in [6.45, 7) is 1.86. The van der Waals surface area contributed by atoms with Gasteiger partial charge in [0, 0.05) is 16.8 Å². The van der Waals surface area contributed by atoms with Crippen LogP contribution in [0.2, 0.25) is 5.15 Å². The van der Waals surface area contributed by atoms with Crippen LogP contribution in [-0.4, -0.2) is 38.4 Å². The molecular formula is C15H12ClN5O3S. The second kappa shape index (κ2) is 6.99. The third-order valence-electron chi connectivity index (χ3n) is 3.23. The third-order valence-corrected chi connectivity index (χ3v) is 4.27. The number of pyridine rings is 2. The molecule has 0 bridgehead atoms. The van der Waals surface area contributed by atoms with Gasteiger partial charge in [0.25, 0.3) is 0 Å². The van der Waals surface area contributed by atoms with Crippen LogP contribution in [0.5, 0.6) is 5.75 Å². The van der Waals surface area contributed by atoms with Crippen LogP contribution >= 0.6 is 22.9 Å². The molecule has 25 heavy (non-hydrogen) atoms. The van der Waals surface area contributed by atoms with Crippen molar-refractivity contribution in [1.29, 1.82) is 0 Å². The first-order valence-electron chi connectivity index (χ1n) is 6.98. The summed E-state index contributed by atoms with van der Waals surface area (Å²) in [5, 5.41) is 20.0. The summed E-state index contributed by atoms with van der Waals surface area (Å²) < 4.78 is 5.36. The number of rotatable bonds is 5. The number of nitrogens with one attached hydrogen (secondary N) is 1. The highest BCUT2D eigenvalue weighted by atomic mass is 35.5. The number of nitrogens with zero attached hydrogens (tertiary/aromatic N) is 4. The topological polar surface area (TPSA) is 110 Å². The van der Waals surface area contributed by atoms with Crippen molar-refractivity contribution in [2.24, 2.45) is 0 Å². The number of anilines is 2. The molecular weight excluding hydrogens is 366 g/mol. The van der Waals surface area contributed by atoms with Crippen LogP contribution in [0.4, 0.5) is 10.8 Å². The zero-order valence-corrected chi connectivity index (χ0v) is 14.7. The molecule has 0 atom stereocenters. The van der Waals surface area contributed by atoms with E-state index in [1.807, 2.05) is 13.0 Å². The molecule has 2 N–H and O–H groups in total. The van der Waals surface area contributed by atoms with Gasteiger partial charge in [0.2, 0.25) is 10.1 Å². The van der Waals surface area contributed by atoms with Crippen molar-refractivity contribution in [3.8, 4) is 16.9 Å². The fraction of sp³-hybridized carbons (Fsp3) is 0.133. The van der Waals surface area contributed by atoms with E-state index in [1.54, 1.807) is 19.4 Å². The highest BCUT2D eigenvalue weighted by Crippen LogP contribution is 2.37. The van der Waals surface area contributed by atoms with Gasteiger partial charge in [-0.15, -0.1) is 10.2 Å². The minimum Gasteiger partial charge on any atom is -0.494 e. The van der Waals surface area contributed by atoms with Gasteiger partial charge in [0.15, 0.2) is 0 Å². The van der Waals surface area contributed by atoms with Crippen LogP contribution in [0.1, 0.15) is 15.5 Å². The van der Waals surface area contributed by atoms with E-state index < -0.39 is 5.97 Å². The fourth-order valence-electron chi connectivity index (χ4n) is 2.15. The number of aromatic carboxylic acids is 1. The largest absolute Gasteiger partial charge is 0.494 e. The number of ether oxygens (including phenoxy) is 1. The Balaban J connectivity index is 2.07. The van der Waals surface area contributed by atoms with Crippen molar-refractivity contribution in [3.63, 3.8) is 0 Å². The van der Waals surface area contributed by atoms with Crippen molar-refractivity contribution >= 4 is 39.7 Å². The molecule has 0 amide bonds. The predicted molar refractivity (Wildman–Crippen MR) is 93.9 cm³/mol. The number of carbonyl (C=O) groups is 1.